The summed E-state index contributed by atoms with van der Waals surface area (Å²) in [6.07, 6.45) is -0.418. The standard InChI is InChI=1S/C13H21N3O/c1-15-6-8-16(9-7-15)10-13(17)11-2-4-12(14)5-3-11/h2-5,13,17H,6-10,14H2,1H3/t13-/m0/s1. The molecule has 17 heavy (non-hydrogen) atoms. The minimum atomic E-state index is -0.418. The molecule has 0 spiro atoms. The molecule has 94 valence electrons. The molecular weight excluding hydrogens is 214 g/mol. The molecule has 1 saturated heterocycles. The summed E-state index contributed by atoms with van der Waals surface area (Å²) in [5.41, 5.74) is 7.31. The van der Waals surface area contributed by atoms with Crippen LogP contribution in [-0.2, 0) is 0 Å². The highest BCUT2D eigenvalue weighted by molar-refractivity contribution is 5.39. The van der Waals surface area contributed by atoms with Crippen LogP contribution in [0.1, 0.15) is 11.7 Å². The highest BCUT2D eigenvalue weighted by atomic mass is 16.3. The van der Waals surface area contributed by atoms with Crippen LogP contribution in [-0.4, -0.2) is 54.7 Å². The fraction of sp³-hybridized carbons (Fsp3) is 0.538. The monoisotopic (exact) mass is 235 g/mol. The average Bonchev–Trinajstić information content (AvgIpc) is 2.33. The summed E-state index contributed by atoms with van der Waals surface area (Å²) < 4.78 is 0. The number of aliphatic hydroxyl groups is 1. The van der Waals surface area contributed by atoms with Gasteiger partial charge in [-0.05, 0) is 24.7 Å². The van der Waals surface area contributed by atoms with Crippen molar-refractivity contribution in [3.05, 3.63) is 29.8 Å². The predicted molar refractivity (Wildman–Crippen MR) is 69.8 cm³/mol. The van der Waals surface area contributed by atoms with Crippen molar-refractivity contribution in [3.63, 3.8) is 0 Å². The van der Waals surface area contributed by atoms with Crippen molar-refractivity contribution >= 4 is 5.69 Å². The van der Waals surface area contributed by atoms with Gasteiger partial charge in [0.1, 0.15) is 0 Å². The number of hydrogen-bond donors (Lipinski definition) is 2. The summed E-state index contributed by atoms with van der Waals surface area (Å²) in [6, 6.07) is 7.47. The van der Waals surface area contributed by atoms with Crippen LogP contribution in [0.25, 0.3) is 0 Å². The predicted octanol–water partition coefficient (Wildman–Crippen LogP) is 0.550. The average molecular weight is 235 g/mol. The number of β-amino-alcohol motifs (C(OH)–C–C–N with tert-alkyl or cyclic N) is 1. The summed E-state index contributed by atoms with van der Waals surface area (Å²) >= 11 is 0. The maximum absolute atomic E-state index is 10.1. The zero-order valence-electron chi connectivity index (χ0n) is 10.3. The number of rotatable bonds is 3. The van der Waals surface area contributed by atoms with Crippen molar-refractivity contribution < 1.29 is 5.11 Å². The van der Waals surface area contributed by atoms with Gasteiger partial charge in [0.2, 0.25) is 0 Å². The number of likely N-dealkylation sites (N-methyl/N-ethyl adjacent to an activating group) is 1. The summed E-state index contributed by atoms with van der Waals surface area (Å²) in [4.78, 5) is 4.62. The maximum Gasteiger partial charge on any atom is 0.0916 e. The Kier molecular flexibility index (Phi) is 3.99. The lowest BCUT2D eigenvalue weighted by Gasteiger charge is -2.33. The second kappa shape index (κ2) is 5.49. The first-order chi connectivity index (χ1) is 8.15. The van der Waals surface area contributed by atoms with Crippen LogP contribution in [0.2, 0.25) is 0 Å². The van der Waals surface area contributed by atoms with Gasteiger partial charge in [0, 0.05) is 38.4 Å². The second-order valence-corrected chi connectivity index (χ2v) is 4.79. The molecule has 0 aliphatic carbocycles. The molecule has 4 nitrogen and oxygen atoms in total. The van der Waals surface area contributed by atoms with Gasteiger partial charge in [0.25, 0.3) is 0 Å². The van der Waals surface area contributed by atoms with Gasteiger partial charge in [-0.2, -0.15) is 0 Å². The minimum absolute atomic E-state index is 0.418. The Labute approximate surface area is 103 Å². The Bertz CT molecular complexity index is 344. The molecule has 4 heteroatoms. The third-order valence-corrected chi connectivity index (χ3v) is 3.35. The fourth-order valence-electron chi connectivity index (χ4n) is 2.10. The third-order valence-electron chi connectivity index (χ3n) is 3.35. The van der Waals surface area contributed by atoms with Crippen LogP contribution < -0.4 is 5.73 Å². The van der Waals surface area contributed by atoms with Crippen molar-refractivity contribution in [1.82, 2.24) is 9.80 Å². The number of anilines is 1. The number of aliphatic hydroxyl groups excluding tert-OH is 1. The molecule has 1 aromatic rings. The highest BCUT2D eigenvalue weighted by Gasteiger charge is 2.17. The molecule has 3 N–H and O–H groups in total. The van der Waals surface area contributed by atoms with Gasteiger partial charge in [-0.25, -0.2) is 0 Å². The normalized spacial score (nSPS) is 20.4. The topological polar surface area (TPSA) is 52.7 Å². The number of nitrogens with two attached hydrogens (primary N) is 1. The molecule has 2 rings (SSSR count). The van der Waals surface area contributed by atoms with Crippen LogP contribution in [0.4, 0.5) is 5.69 Å². The van der Waals surface area contributed by atoms with E-state index in [1.54, 1.807) is 0 Å². The molecule has 1 aliphatic heterocycles. The molecule has 1 aromatic carbocycles. The molecular formula is C13H21N3O. The SMILES string of the molecule is CN1CCN(C[C@H](O)c2ccc(N)cc2)CC1. The number of nitrogen functional groups attached to an aromatic ring is 1. The molecule has 0 saturated carbocycles. The van der Waals surface area contributed by atoms with Gasteiger partial charge in [-0.3, -0.25) is 4.90 Å². The number of piperazine rings is 1. The van der Waals surface area contributed by atoms with E-state index in [2.05, 4.69) is 16.8 Å². The Morgan fingerprint density at radius 2 is 1.76 bits per heavy atom. The zero-order valence-corrected chi connectivity index (χ0v) is 10.3. The Morgan fingerprint density at radius 1 is 1.18 bits per heavy atom. The highest BCUT2D eigenvalue weighted by Crippen LogP contribution is 2.16. The summed E-state index contributed by atoms with van der Waals surface area (Å²) in [5.74, 6) is 0. The minimum Gasteiger partial charge on any atom is -0.399 e. The molecule has 1 fully saturated rings. The first kappa shape index (κ1) is 12.4. The number of benzene rings is 1. The van der Waals surface area contributed by atoms with Gasteiger partial charge in [-0.1, -0.05) is 12.1 Å². The van der Waals surface area contributed by atoms with E-state index in [1.165, 1.54) is 0 Å². The Hall–Kier alpha value is -1.10. The number of hydrogen-bond acceptors (Lipinski definition) is 4. The van der Waals surface area contributed by atoms with Gasteiger partial charge in [-0.15, -0.1) is 0 Å². The molecule has 0 unspecified atom stereocenters. The van der Waals surface area contributed by atoms with Crippen LogP contribution in [0.3, 0.4) is 0 Å². The first-order valence-electron chi connectivity index (χ1n) is 6.09. The first-order valence-corrected chi connectivity index (χ1v) is 6.09. The summed E-state index contributed by atoms with van der Waals surface area (Å²) in [6.45, 7) is 4.92. The van der Waals surface area contributed by atoms with E-state index >= 15 is 0 Å². The lowest BCUT2D eigenvalue weighted by molar-refractivity contribution is 0.0805. The smallest absolute Gasteiger partial charge is 0.0916 e. The van der Waals surface area contributed by atoms with E-state index in [4.69, 9.17) is 5.73 Å². The van der Waals surface area contributed by atoms with Crippen molar-refractivity contribution in [2.75, 3.05) is 45.5 Å². The van der Waals surface area contributed by atoms with Gasteiger partial charge in [0.15, 0.2) is 0 Å². The number of nitrogens with zero attached hydrogens (tertiary/aromatic N) is 2. The van der Waals surface area contributed by atoms with Crippen LogP contribution >= 0.6 is 0 Å². The Balaban J connectivity index is 1.88. The van der Waals surface area contributed by atoms with Crippen LogP contribution in [0.5, 0.6) is 0 Å². The van der Waals surface area contributed by atoms with Crippen molar-refractivity contribution in [2.45, 2.75) is 6.10 Å². The maximum atomic E-state index is 10.1. The summed E-state index contributed by atoms with van der Waals surface area (Å²) in [7, 11) is 2.13. The zero-order chi connectivity index (χ0) is 12.3. The van der Waals surface area contributed by atoms with E-state index < -0.39 is 6.10 Å². The quantitative estimate of drug-likeness (QED) is 0.751. The van der Waals surface area contributed by atoms with Crippen molar-refractivity contribution in [1.29, 1.82) is 0 Å². The van der Waals surface area contributed by atoms with E-state index in [9.17, 15) is 5.11 Å². The molecule has 1 aliphatic rings. The molecule has 0 bridgehead atoms. The van der Waals surface area contributed by atoms with E-state index in [0.29, 0.717) is 6.54 Å². The molecule has 1 atom stereocenters. The lowest BCUT2D eigenvalue weighted by atomic mass is 10.1. The van der Waals surface area contributed by atoms with E-state index in [0.717, 1.165) is 37.4 Å². The van der Waals surface area contributed by atoms with Gasteiger partial charge < -0.3 is 15.7 Å². The molecule has 0 radical (unpaired) electrons. The van der Waals surface area contributed by atoms with Crippen LogP contribution in [0, 0.1) is 0 Å². The molecule has 0 aromatic heterocycles. The third kappa shape index (κ3) is 3.43. The second-order valence-electron chi connectivity index (χ2n) is 4.79. The van der Waals surface area contributed by atoms with Gasteiger partial charge >= 0.3 is 0 Å². The van der Waals surface area contributed by atoms with Crippen molar-refractivity contribution in [2.24, 2.45) is 0 Å². The van der Waals surface area contributed by atoms with Crippen LogP contribution in [0.15, 0.2) is 24.3 Å². The van der Waals surface area contributed by atoms with Crippen molar-refractivity contribution in [3.8, 4) is 0 Å². The van der Waals surface area contributed by atoms with Gasteiger partial charge in [0.05, 0.1) is 6.10 Å². The van der Waals surface area contributed by atoms with E-state index in [-0.39, 0.29) is 0 Å². The lowest BCUT2D eigenvalue weighted by Crippen LogP contribution is -2.45. The molecule has 1 heterocycles. The summed E-state index contributed by atoms with van der Waals surface area (Å²) in [5, 5.41) is 10.1. The van der Waals surface area contributed by atoms with E-state index in [1.807, 2.05) is 24.3 Å². The molecule has 0 amide bonds. The Morgan fingerprint density at radius 3 is 2.35 bits per heavy atom. The largest absolute Gasteiger partial charge is 0.399 e. The fourth-order valence-corrected chi connectivity index (χ4v) is 2.10.